The fraction of sp³-hybridized carbons (Fsp3) is 0.350. The number of aryl methyl sites for hydroxylation is 1. The van der Waals surface area contributed by atoms with E-state index in [-0.39, 0.29) is 24.1 Å². The highest BCUT2D eigenvalue weighted by molar-refractivity contribution is 7.88. The number of amides is 1. The molecule has 1 N–H and O–H groups in total. The lowest BCUT2D eigenvalue weighted by molar-refractivity contribution is -0.120. The van der Waals surface area contributed by atoms with Gasteiger partial charge in [0.25, 0.3) is 0 Å². The third-order valence-electron chi connectivity index (χ3n) is 4.67. The third-order valence-corrected chi connectivity index (χ3v) is 6.72. The molecule has 2 aromatic carbocycles. The van der Waals surface area contributed by atoms with Gasteiger partial charge in [0.2, 0.25) is 15.9 Å². The summed E-state index contributed by atoms with van der Waals surface area (Å²) in [6, 6.07) is 14.4. The van der Waals surface area contributed by atoms with Crippen molar-refractivity contribution >= 4 is 33.2 Å². The quantitative estimate of drug-likeness (QED) is 0.820. The molecule has 5 nitrogen and oxygen atoms in total. The molecule has 0 aromatic heterocycles. The zero-order valence-electron chi connectivity index (χ0n) is 15.2. The summed E-state index contributed by atoms with van der Waals surface area (Å²) in [5.41, 5.74) is 2.44. The molecule has 1 aliphatic rings. The number of benzene rings is 2. The first kappa shape index (κ1) is 19.9. The number of hydrogen-bond acceptors (Lipinski definition) is 3. The number of rotatable bonds is 5. The summed E-state index contributed by atoms with van der Waals surface area (Å²) in [5, 5.41) is 3.41. The van der Waals surface area contributed by atoms with E-state index in [1.165, 1.54) is 4.31 Å². The maximum atomic E-state index is 12.8. The van der Waals surface area contributed by atoms with Gasteiger partial charge in [0.05, 0.1) is 11.7 Å². The third kappa shape index (κ3) is 5.31. The number of halogens is 1. The number of sulfonamides is 1. The highest BCUT2D eigenvalue weighted by Crippen LogP contribution is 2.24. The zero-order chi connectivity index (χ0) is 19.4. The summed E-state index contributed by atoms with van der Waals surface area (Å²) in [6.45, 7) is 2.61. The maximum Gasteiger partial charge on any atom is 0.228 e. The van der Waals surface area contributed by atoms with Gasteiger partial charge in [-0.15, -0.1) is 0 Å². The molecule has 0 saturated carbocycles. The molecule has 0 spiro atoms. The Labute approximate surface area is 165 Å². The number of anilines is 1. The van der Waals surface area contributed by atoms with Crippen LogP contribution in [0.1, 0.15) is 24.0 Å². The molecule has 1 fully saturated rings. The van der Waals surface area contributed by atoms with E-state index in [1.54, 1.807) is 24.3 Å². The van der Waals surface area contributed by atoms with Crippen molar-refractivity contribution in [1.29, 1.82) is 0 Å². The van der Waals surface area contributed by atoms with Crippen LogP contribution in [0.25, 0.3) is 0 Å². The fourth-order valence-electron chi connectivity index (χ4n) is 3.30. The highest BCUT2D eigenvalue weighted by Gasteiger charge is 2.32. The molecule has 27 heavy (non-hydrogen) atoms. The second-order valence-corrected chi connectivity index (χ2v) is 9.35. The number of piperidine rings is 1. The van der Waals surface area contributed by atoms with Crippen LogP contribution in [0.3, 0.4) is 0 Å². The molecule has 3 rings (SSSR count). The minimum Gasteiger partial charge on any atom is -0.326 e. The van der Waals surface area contributed by atoms with E-state index in [2.05, 4.69) is 5.32 Å². The van der Waals surface area contributed by atoms with Crippen LogP contribution in [0.5, 0.6) is 0 Å². The van der Waals surface area contributed by atoms with Gasteiger partial charge in [-0.1, -0.05) is 35.9 Å². The second kappa shape index (κ2) is 8.42. The molecule has 1 saturated heterocycles. The standard InChI is InChI=1S/C20H23ClN2O3S/c1-15-5-2-9-19(11-15)22-20(24)17-7-4-10-23(13-17)27(25,26)14-16-6-3-8-18(21)12-16/h2-3,5-6,8-9,11-12,17H,4,7,10,13-14H2,1H3,(H,22,24). The van der Waals surface area contributed by atoms with Gasteiger partial charge in [-0.2, -0.15) is 0 Å². The molecule has 0 aliphatic carbocycles. The molecule has 2 aromatic rings. The largest absolute Gasteiger partial charge is 0.326 e. The molecular weight excluding hydrogens is 384 g/mol. The molecule has 0 radical (unpaired) electrons. The van der Waals surface area contributed by atoms with E-state index < -0.39 is 10.0 Å². The van der Waals surface area contributed by atoms with Gasteiger partial charge >= 0.3 is 0 Å². The Morgan fingerprint density at radius 3 is 2.74 bits per heavy atom. The van der Waals surface area contributed by atoms with Crippen LogP contribution in [-0.2, 0) is 20.6 Å². The Kier molecular flexibility index (Phi) is 6.19. The number of nitrogens with zero attached hydrogens (tertiary/aromatic N) is 1. The molecule has 1 atom stereocenters. The first-order chi connectivity index (χ1) is 12.8. The second-order valence-electron chi connectivity index (χ2n) is 6.94. The number of hydrogen-bond donors (Lipinski definition) is 1. The predicted molar refractivity (Wildman–Crippen MR) is 108 cm³/mol. The molecule has 1 heterocycles. The monoisotopic (exact) mass is 406 g/mol. The molecule has 144 valence electrons. The summed E-state index contributed by atoms with van der Waals surface area (Å²) >= 11 is 5.95. The number of carbonyl (C=O) groups is 1. The Morgan fingerprint density at radius 1 is 1.22 bits per heavy atom. The van der Waals surface area contributed by atoms with Crippen LogP contribution in [-0.4, -0.2) is 31.7 Å². The highest BCUT2D eigenvalue weighted by atomic mass is 35.5. The van der Waals surface area contributed by atoms with E-state index in [4.69, 9.17) is 11.6 Å². The maximum absolute atomic E-state index is 12.8. The van der Waals surface area contributed by atoms with Crippen LogP contribution in [0.4, 0.5) is 5.69 Å². The Morgan fingerprint density at radius 2 is 2.00 bits per heavy atom. The molecule has 0 bridgehead atoms. The Balaban J connectivity index is 1.66. The number of carbonyl (C=O) groups excluding carboxylic acids is 1. The normalized spacial score (nSPS) is 18.2. The first-order valence-corrected chi connectivity index (χ1v) is 10.9. The molecule has 1 unspecified atom stereocenters. The van der Waals surface area contributed by atoms with Crippen LogP contribution in [0, 0.1) is 12.8 Å². The van der Waals surface area contributed by atoms with Gasteiger partial charge in [0.15, 0.2) is 0 Å². The van der Waals surface area contributed by atoms with Crippen molar-refractivity contribution in [2.75, 3.05) is 18.4 Å². The van der Waals surface area contributed by atoms with Crippen LogP contribution in [0.15, 0.2) is 48.5 Å². The van der Waals surface area contributed by atoms with Crippen LogP contribution in [0.2, 0.25) is 5.02 Å². The van der Waals surface area contributed by atoms with E-state index in [1.807, 2.05) is 31.2 Å². The summed E-state index contributed by atoms with van der Waals surface area (Å²) in [6.07, 6.45) is 1.35. The lowest BCUT2D eigenvalue weighted by Gasteiger charge is -2.31. The molecule has 1 amide bonds. The minimum atomic E-state index is -3.50. The van der Waals surface area contributed by atoms with E-state index in [9.17, 15) is 13.2 Å². The van der Waals surface area contributed by atoms with Crippen molar-refractivity contribution in [1.82, 2.24) is 4.31 Å². The average Bonchev–Trinajstić information content (AvgIpc) is 2.61. The summed E-state index contributed by atoms with van der Waals surface area (Å²) < 4.78 is 27.0. The number of nitrogens with one attached hydrogen (secondary N) is 1. The van der Waals surface area contributed by atoms with Crippen molar-refractivity contribution in [2.24, 2.45) is 5.92 Å². The average molecular weight is 407 g/mol. The van der Waals surface area contributed by atoms with Gasteiger partial charge in [0.1, 0.15) is 0 Å². The van der Waals surface area contributed by atoms with Gasteiger partial charge in [-0.05, 0) is 55.2 Å². The van der Waals surface area contributed by atoms with Gasteiger partial charge in [-0.3, -0.25) is 4.79 Å². The van der Waals surface area contributed by atoms with Crippen molar-refractivity contribution in [3.63, 3.8) is 0 Å². The van der Waals surface area contributed by atoms with Crippen molar-refractivity contribution in [2.45, 2.75) is 25.5 Å². The van der Waals surface area contributed by atoms with Gasteiger partial charge in [-0.25, -0.2) is 12.7 Å². The SMILES string of the molecule is Cc1cccc(NC(=O)C2CCCN(S(=O)(=O)Cc3cccc(Cl)c3)C2)c1. The van der Waals surface area contributed by atoms with Gasteiger partial charge in [0, 0.05) is 23.8 Å². The van der Waals surface area contributed by atoms with Crippen LogP contribution >= 0.6 is 11.6 Å². The van der Waals surface area contributed by atoms with E-state index >= 15 is 0 Å². The van der Waals surface area contributed by atoms with Crippen molar-refractivity contribution in [3.8, 4) is 0 Å². The Bertz CT molecular complexity index is 930. The molecule has 1 aliphatic heterocycles. The van der Waals surface area contributed by atoms with Gasteiger partial charge < -0.3 is 5.32 Å². The van der Waals surface area contributed by atoms with E-state index in [0.717, 1.165) is 11.3 Å². The predicted octanol–water partition coefficient (Wildman–Crippen LogP) is 3.83. The zero-order valence-corrected chi connectivity index (χ0v) is 16.8. The summed E-state index contributed by atoms with van der Waals surface area (Å²) in [5.74, 6) is -0.601. The summed E-state index contributed by atoms with van der Waals surface area (Å²) in [4.78, 5) is 12.6. The lowest BCUT2D eigenvalue weighted by atomic mass is 9.98. The minimum absolute atomic E-state index is 0.111. The Hall–Kier alpha value is -1.89. The lowest BCUT2D eigenvalue weighted by Crippen LogP contribution is -2.44. The van der Waals surface area contributed by atoms with Crippen molar-refractivity contribution < 1.29 is 13.2 Å². The first-order valence-electron chi connectivity index (χ1n) is 8.93. The topological polar surface area (TPSA) is 66.5 Å². The summed E-state index contributed by atoms with van der Waals surface area (Å²) in [7, 11) is -3.50. The molecule has 7 heteroatoms. The molecular formula is C20H23ClN2O3S. The fourth-order valence-corrected chi connectivity index (χ4v) is 5.12. The smallest absolute Gasteiger partial charge is 0.228 e. The van der Waals surface area contributed by atoms with Crippen LogP contribution < -0.4 is 5.32 Å². The van der Waals surface area contributed by atoms with E-state index in [0.29, 0.717) is 30.0 Å². The van der Waals surface area contributed by atoms with Crippen molar-refractivity contribution in [3.05, 3.63) is 64.7 Å².